The third-order valence-corrected chi connectivity index (χ3v) is 9.30. The van der Waals surface area contributed by atoms with Crippen LogP contribution in [0.25, 0.3) is 0 Å². The van der Waals surface area contributed by atoms with E-state index in [0.717, 1.165) is 39.2 Å². The first kappa shape index (κ1) is 41.3. The second-order valence-electron chi connectivity index (χ2n) is 12.2. The van der Waals surface area contributed by atoms with E-state index in [2.05, 4.69) is 10.3 Å². The highest BCUT2D eigenvalue weighted by atomic mass is 35.5. The van der Waals surface area contributed by atoms with Gasteiger partial charge in [0.05, 0.1) is 29.7 Å². The Balaban J connectivity index is 0.000000265. The van der Waals surface area contributed by atoms with E-state index in [-0.39, 0.29) is 26.4 Å². The largest absolute Gasteiger partial charge is 0.478 e. The number of nitrogens with zero attached hydrogens (tertiary/aromatic N) is 2. The van der Waals surface area contributed by atoms with Crippen molar-refractivity contribution in [1.29, 1.82) is 0 Å². The summed E-state index contributed by atoms with van der Waals surface area (Å²) in [5.74, 6) is -1.30. The van der Waals surface area contributed by atoms with E-state index in [4.69, 9.17) is 65.9 Å². The molecule has 270 valence electrons. The first-order valence-electron chi connectivity index (χ1n) is 15.1. The lowest BCUT2D eigenvalue weighted by Gasteiger charge is -2.22. The molecule has 0 saturated heterocycles. The Morgan fingerprint density at radius 2 is 1.04 bits per heavy atom. The van der Waals surface area contributed by atoms with Gasteiger partial charge in [0.15, 0.2) is 11.2 Å². The number of aromatic carboxylic acids is 1. The highest BCUT2D eigenvalue weighted by Gasteiger charge is 2.38. The average Bonchev–Trinajstić information content (AvgIpc) is 3.64. The molecule has 2 aliphatic rings. The zero-order chi connectivity index (χ0) is 35.7. The maximum Gasteiger partial charge on any atom is 0.338 e. The number of halogens is 4. The number of aryl methyl sites for hydroxylation is 2. The van der Waals surface area contributed by atoms with E-state index < -0.39 is 17.2 Å². The zero-order valence-corrected chi connectivity index (χ0v) is 30.3. The van der Waals surface area contributed by atoms with Gasteiger partial charge in [0.1, 0.15) is 0 Å². The molecule has 8 nitrogen and oxygen atoms in total. The number of carboxylic acids is 1. The molecule has 2 atom stereocenters. The number of hydrogen-bond acceptors (Lipinski definition) is 7. The summed E-state index contributed by atoms with van der Waals surface area (Å²) in [6.45, 7) is 7.49. The fourth-order valence-electron chi connectivity index (χ4n) is 5.68. The van der Waals surface area contributed by atoms with Crippen molar-refractivity contribution in [2.75, 3.05) is 7.11 Å². The second kappa shape index (κ2) is 16.5. The molecule has 51 heavy (non-hydrogen) atoms. The molecule has 4 aromatic carbocycles. The summed E-state index contributed by atoms with van der Waals surface area (Å²) in [5, 5.41) is 19.8. The van der Waals surface area contributed by atoms with Crippen molar-refractivity contribution in [2.24, 2.45) is 10.3 Å². The third-order valence-electron chi connectivity index (χ3n) is 8.43. The van der Waals surface area contributed by atoms with Crippen molar-refractivity contribution in [3.05, 3.63) is 137 Å². The second-order valence-corrected chi connectivity index (χ2v) is 14.0. The fraction of sp³-hybridized carbons (Fsp3) is 0.282. The summed E-state index contributed by atoms with van der Waals surface area (Å²) in [6, 6.07) is 21.3. The smallest absolute Gasteiger partial charge is 0.338 e. The van der Waals surface area contributed by atoms with E-state index in [1.807, 2.05) is 63.2 Å². The van der Waals surface area contributed by atoms with Crippen molar-refractivity contribution >= 4 is 69.8 Å². The topological polar surface area (TPSA) is 107 Å². The standard InChI is InChI=1S/C19H17Cl2NO3.C18H15Cl2NO3.2CH4/c1-11-6-12(4-5-16(11)18(23)24-3)17-10-19(2,25-22-17)13-7-14(20)9-15(21)8-13;1-10-5-11(3-4-15(10)17(22)23)16-9-18(2,24-21-16)12-6-13(19)8-14(20)7-12;;/h4-9H,10H2,1-3H3;3-8H,9H2,1-2H3,(H,22,23);2*1H4. The van der Waals surface area contributed by atoms with Crippen molar-refractivity contribution in [3.63, 3.8) is 0 Å². The van der Waals surface area contributed by atoms with Crippen LogP contribution in [0.2, 0.25) is 20.1 Å². The van der Waals surface area contributed by atoms with Crippen LogP contribution in [0, 0.1) is 13.8 Å². The number of oxime groups is 2. The summed E-state index contributed by atoms with van der Waals surface area (Å²) >= 11 is 24.4. The molecule has 2 unspecified atom stereocenters. The molecule has 2 heterocycles. The van der Waals surface area contributed by atoms with Crippen molar-refractivity contribution in [1.82, 2.24) is 0 Å². The van der Waals surface area contributed by atoms with Crippen LogP contribution in [-0.2, 0) is 25.6 Å². The molecular weight excluding hydrogens is 734 g/mol. The predicted octanol–water partition coefficient (Wildman–Crippen LogP) is 11.4. The van der Waals surface area contributed by atoms with Crippen LogP contribution in [-0.4, -0.2) is 35.6 Å². The van der Waals surface area contributed by atoms with Gasteiger partial charge in [-0.3, -0.25) is 0 Å². The van der Waals surface area contributed by atoms with E-state index in [9.17, 15) is 9.59 Å². The van der Waals surface area contributed by atoms with Gasteiger partial charge >= 0.3 is 11.9 Å². The molecule has 12 heteroatoms. The van der Waals surface area contributed by atoms with Gasteiger partial charge in [-0.15, -0.1) is 0 Å². The van der Waals surface area contributed by atoms with Gasteiger partial charge < -0.3 is 19.5 Å². The summed E-state index contributed by atoms with van der Waals surface area (Å²) in [6.07, 6.45) is 1.11. The molecule has 0 fully saturated rings. The molecule has 2 aliphatic heterocycles. The average molecular weight is 775 g/mol. The highest BCUT2D eigenvalue weighted by molar-refractivity contribution is 6.35. The number of benzene rings is 4. The lowest BCUT2D eigenvalue weighted by atomic mass is 9.88. The monoisotopic (exact) mass is 772 g/mol. The van der Waals surface area contributed by atoms with Crippen molar-refractivity contribution < 1.29 is 29.1 Å². The summed E-state index contributed by atoms with van der Waals surface area (Å²) in [5.41, 5.74) is 6.04. The highest BCUT2D eigenvalue weighted by Crippen LogP contribution is 2.40. The number of esters is 1. The molecule has 0 spiro atoms. The molecule has 1 N–H and O–H groups in total. The number of ether oxygens (including phenoxy) is 1. The van der Waals surface area contributed by atoms with Gasteiger partial charge in [-0.25, -0.2) is 9.59 Å². The van der Waals surface area contributed by atoms with Crippen molar-refractivity contribution in [3.8, 4) is 0 Å². The normalized spacial score (nSPS) is 18.8. The van der Waals surface area contributed by atoms with Crippen molar-refractivity contribution in [2.45, 2.75) is 66.6 Å². The number of hydrogen-bond donors (Lipinski definition) is 1. The van der Waals surface area contributed by atoms with Crippen LogP contribution in [0.4, 0.5) is 0 Å². The van der Waals surface area contributed by atoms with E-state index in [0.29, 0.717) is 44.1 Å². The Kier molecular flexibility index (Phi) is 13.4. The van der Waals surface area contributed by atoms with E-state index in [1.165, 1.54) is 7.11 Å². The first-order valence-corrected chi connectivity index (χ1v) is 16.6. The SMILES string of the molecule is C.C.COC(=O)c1ccc(C2=NOC(C)(c3cc(Cl)cc(Cl)c3)C2)cc1C.Cc1cc(C2=NOC(C)(c3cc(Cl)cc(Cl)c3)C2)ccc1C(=O)O. The van der Waals surface area contributed by atoms with Crippen LogP contribution in [0.15, 0.2) is 83.1 Å². The minimum absolute atomic E-state index is 0. The van der Waals surface area contributed by atoms with Gasteiger partial charge in [0.2, 0.25) is 0 Å². The minimum Gasteiger partial charge on any atom is -0.478 e. The molecule has 0 saturated carbocycles. The number of carboxylic acid groups (broad SMARTS) is 1. The molecule has 0 aromatic heterocycles. The fourth-order valence-corrected chi connectivity index (χ4v) is 6.73. The summed E-state index contributed by atoms with van der Waals surface area (Å²) < 4.78 is 4.78. The Hall–Kier alpha value is -4.08. The lowest BCUT2D eigenvalue weighted by molar-refractivity contribution is -0.00755. The molecule has 0 radical (unpaired) electrons. The van der Waals surface area contributed by atoms with Gasteiger partial charge in [-0.05, 0) is 111 Å². The van der Waals surface area contributed by atoms with Crippen LogP contribution < -0.4 is 0 Å². The van der Waals surface area contributed by atoms with Gasteiger partial charge in [-0.2, -0.15) is 0 Å². The number of methoxy groups -OCH3 is 1. The maximum atomic E-state index is 11.7. The zero-order valence-electron chi connectivity index (χ0n) is 27.2. The van der Waals surface area contributed by atoms with E-state index >= 15 is 0 Å². The predicted molar refractivity (Wildman–Crippen MR) is 206 cm³/mol. The van der Waals surface area contributed by atoms with Gasteiger partial charge in [0, 0.05) is 44.1 Å². The third kappa shape index (κ3) is 9.24. The van der Waals surface area contributed by atoms with Crippen LogP contribution in [0.1, 0.15) is 95.6 Å². The molecule has 4 aromatic rings. The Bertz CT molecular complexity index is 1990. The summed E-state index contributed by atoms with van der Waals surface area (Å²) in [4.78, 5) is 34.2. The molecular formula is C39H40Cl4N2O6. The lowest BCUT2D eigenvalue weighted by Crippen LogP contribution is -2.22. The summed E-state index contributed by atoms with van der Waals surface area (Å²) in [7, 11) is 1.37. The minimum atomic E-state index is -0.943. The Labute approximate surface area is 318 Å². The quantitative estimate of drug-likeness (QED) is 0.196. The molecule has 0 bridgehead atoms. The van der Waals surface area contributed by atoms with Crippen LogP contribution in [0.3, 0.4) is 0 Å². The van der Waals surface area contributed by atoms with Crippen LogP contribution in [0.5, 0.6) is 0 Å². The molecule has 0 aliphatic carbocycles. The van der Waals surface area contributed by atoms with Crippen LogP contribution >= 0.6 is 46.4 Å². The number of carbonyl (C=O) groups excluding carboxylic acids is 1. The first-order chi connectivity index (χ1) is 23.1. The number of carbonyl (C=O) groups is 2. The van der Waals surface area contributed by atoms with E-state index in [1.54, 1.807) is 37.3 Å². The Morgan fingerprint density at radius 3 is 1.37 bits per heavy atom. The Morgan fingerprint density at radius 1 is 0.667 bits per heavy atom. The van der Waals surface area contributed by atoms with Gasteiger partial charge in [-0.1, -0.05) is 83.7 Å². The molecule has 6 rings (SSSR count). The van der Waals surface area contributed by atoms with Gasteiger partial charge in [0.25, 0.3) is 0 Å². The maximum absolute atomic E-state index is 11.7. The number of rotatable bonds is 6. The molecule has 0 amide bonds.